The van der Waals surface area contributed by atoms with Gasteiger partial charge in [0.15, 0.2) is 0 Å². The number of hydrogen-bond donors (Lipinski definition) is 1. The van der Waals surface area contributed by atoms with Crippen molar-refractivity contribution in [2.24, 2.45) is 0 Å². The van der Waals surface area contributed by atoms with Crippen LogP contribution in [0.4, 0.5) is 0 Å². The summed E-state index contributed by atoms with van der Waals surface area (Å²) >= 11 is 12.4. The molecule has 0 saturated heterocycles. The van der Waals surface area contributed by atoms with Gasteiger partial charge in [-0.15, -0.1) is 0 Å². The molecule has 0 heterocycles. The summed E-state index contributed by atoms with van der Waals surface area (Å²) in [6.07, 6.45) is 5.38. The van der Waals surface area contributed by atoms with Crippen LogP contribution in [0.25, 0.3) is 0 Å². The molecule has 0 radical (unpaired) electrons. The SMILES string of the molecule is O=C(NC1CCCC1)[C@@H](Cc1ccccc1)N(Cc1ccccc1Cl)C(=O)CCCOc1ccc(Cl)cc1. The summed E-state index contributed by atoms with van der Waals surface area (Å²) in [6.45, 7) is 0.636. The summed E-state index contributed by atoms with van der Waals surface area (Å²) in [5, 5.41) is 4.44. The van der Waals surface area contributed by atoms with Crippen LogP contribution in [0.2, 0.25) is 10.0 Å². The Hall–Kier alpha value is -3.02. The van der Waals surface area contributed by atoms with Crippen LogP contribution < -0.4 is 10.1 Å². The van der Waals surface area contributed by atoms with E-state index in [0.717, 1.165) is 36.8 Å². The quantitative estimate of drug-likeness (QED) is 0.250. The number of halogens is 2. The third kappa shape index (κ3) is 8.24. The lowest BCUT2D eigenvalue weighted by atomic mass is 10.0. The van der Waals surface area contributed by atoms with E-state index < -0.39 is 6.04 Å². The summed E-state index contributed by atoms with van der Waals surface area (Å²) in [5.74, 6) is 0.485. The van der Waals surface area contributed by atoms with Gasteiger partial charge in [0.2, 0.25) is 11.8 Å². The second-order valence-corrected chi connectivity index (χ2v) is 10.6. The minimum absolute atomic E-state index is 0.105. The fourth-order valence-electron chi connectivity index (χ4n) is 4.82. The van der Waals surface area contributed by atoms with Crippen molar-refractivity contribution in [3.8, 4) is 5.75 Å². The van der Waals surface area contributed by atoms with Gasteiger partial charge in [-0.1, -0.05) is 84.6 Å². The van der Waals surface area contributed by atoms with Crippen molar-refractivity contribution in [3.63, 3.8) is 0 Å². The number of carbonyl (C=O) groups is 2. The van der Waals surface area contributed by atoms with Crippen molar-refractivity contribution >= 4 is 35.0 Å². The zero-order chi connectivity index (χ0) is 26.7. The zero-order valence-corrected chi connectivity index (χ0v) is 23.0. The predicted octanol–water partition coefficient (Wildman–Crippen LogP) is 6.85. The smallest absolute Gasteiger partial charge is 0.243 e. The Morgan fingerprint density at radius 3 is 2.32 bits per heavy atom. The highest BCUT2D eigenvalue weighted by Gasteiger charge is 2.32. The number of rotatable bonds is 12. The molecule has 1 saturated carbocycles. The molecule has 5 nitrogen and oxygen atoms in total. The Kier molecular flexibility index (Phi) is 10.5. The van der Waals surface area contributed by atoms with Crippen LogP contribution in [-0.2, 0) is 22.6 Å². The van der Waals surface area contributed by atoms with Gasteiger partial charge in [0.1, 0.15) is 11.8 Å². The highest BCUT2D eigenvalue weighted by atomic mass is 35.5. The fourth-order valence-corrected chi connectivity index (χ4v) is 5.14. The molecule has 0 aromatic heterocycles. The minimum atomic E-state index is -0.654. The maximum absolute atomic E-state index is 13.7. The Balaban J connectivity index is 1.52. The summed E-state index contributed by atoms with van der Waals surface area (Å²) in [4.78, 5) is 29.1. The first-order chi connectivity index (χ1) is 18.5. The number of amides is 2. The lowest BCUT2D eigenvalue weighted by Gasteiger charge is -2.32. The van der Waals surface area contributed by atoms with E-state index in [0.29, 0.717) is 35.2 Å². The molecule has 3 aromatic rings. The van der Waals surface area contributed by atoms with Crippen LogP contribution in [-0.4, -0.2) is 35.4 Å². The second kappa shape index (κ2) is 14.2. The fraction of sp³-hybridized carbons (Fsp3) is 0.355. The highest BCUT2D eigenvalue weighted by molar-refractivity contribution is 6.31. The molecule has 1 aliphatic rings. The van der Waals surface area contributed by atoms with Crippen LogP contribution in [0.3, 0.4) is 0 Å². The largest absolute Gasteiger partial charge is 0.494 e. The van der Waals surface area contributed by atoms with Crippen molar-refractivity contribution in [2.75, 3.05) is 6.61 Å². The third-order valence-corrected chi connectivity index (χ3v) is 7.51. The minimum Gasteiger partial charge on any atom is -0.494 e. The molecule has 0 spiro atoms. The first-order valence-corrected chi connectivity index (χ1v) is 14.0. The molecule has 1 fully saturated rings. The summed E-state index contributed by atoms with van der Waals surface area (Å²) in [5.41, 5.74) is 1.81. The van der Waals surface area contributed by atoms with Crippen LogP contribution >= 0.6 is 23.2 Å². The maximum atomic E-state index is 13.7. The van der Waals surface area contributed by atoms with Crippen molar-refractivity contribution in [3.05, 3.63) is 100 Å². The number of carbonyl (C=O) groups excluding carboxylic acids is 2. The van der Waals surface area contributed by atoms with Crippen molar-refractivity contribution in [1.29, 1.82) is 0 Å². The molecule has 1 aliphatic carbocycles. The molecule has 38 heavy (non-hydrogen) atoms. The molecule has 0 unspecified atom stereocenters. The van der Waals surface area contributed by atoms with E-state index in [2.05, 4.69) is 5.32 Å². The molecule has 200 valence electrons. The van der Waals surface area contributed by atoms with Crippen molar-refractivity contribution < 1.29 is 14.3 Å². The first kappa shape index (κ1) is 28.0. The summed E-state index contributed by atoms with van der Waals surface area (Å²) < 4.78 is 5.79. The number of hydrogen-bond acceptors (Lipinski definition) is 3. The molecule has 1 N–H and O–H groups in total. The van der Waals surface area contributed by atoms with Gasteiger partial charge in [-0.05, 0) is 60.7 Å². The lowest BCUT2D eigenvalue weighted by Crippen LogP contribution is -2.52. The van der Waals surface area contributed by atoms with Gasteiger partial charge in [0.05, 0.1) is 6.61 Å². The van der Waals surface area contributed by atoms with E-state index in [-0.39, 0.29) is 30.8 Å². The Labute approximate surface area is 235 Å². The number of ether oxygens (including phenoxy) is 1. The van der Waals surface area contributed by atoms with E-state index in [1.54, 1.807) is 29.2 Å². The topological polar surface area (TPSA) is 58.6 Å². The maximum Gasteiger partial charge on any atom is 0.243 e. The summed E-state index contributed by atoms with van der Waals surface area (Å²) in [6, 6.07) is 24.0. The van der Waals surface area contributed by atoms with Gasteiger partial charge in [0, 0.05) is 35.5 Å². The summed E-state index contributed by atoms with van der Waals surface area (Å²) in [7, 11) is 0. The standard InChI is InChI=1S/C31H34Cl2N2O3/c32-25-16-18-27(19-17-25)38-20-8-15-30(36)35(22-24-11-4-7-14-28(24)33)29(21-23-9-2-1-3-10-23)31(37)34-26-12-5-6-13-26/h1-4,7,9-11,14,16-19,26,29H,5-6,8,12-13,15,20-22H2,(H,34,37)/t29-/m1/s1. The van der Waals surface area contributed by atoms with Gasteiger partial charge in [0.25, 0.3) is 0 Å². The number of nitrogens with one attached hydrogen (secondary N) is 1. The monoisotopic (exact) mass is 552 g/mol. The molecule has 2 amide bonds. The third-order valence-electron chi connectivity index (χ3n) is 6.89. The molecule has 1 atom stereocenters. The van der Waals surface area contributed by atoms with E-state index in [1.807, 2.05) is 54.6 Å². The average Bonchev–Trinajstić information content (AvgIpc) is 3.44. The molecular formula is C31H34Cl2N2O3. The lowest BCUT2D eigenvalue weighted by molar-refractivity contribution is -0.141. The highest BCUT2D eigenvalue weighted by Crippen LogP contribution is 2.23. The van der Waals surface area contributed by atoms with E-state index in [4.69, 9.17) is 27.9 Å². The molecule has 3 aromatic carbocycles. The Bertz CT molecular complexity index is 1180. The predicted molar refractivity (Wildman–Crippen MR) is 153 cm³/mol. The second-order valence-electron chi connectivity index (χ2n) is 9.71. The molecule has 0 bridgehead atoms. The average molecular weight is 554 g/mol. The van der Waals surface area contributed by atoms with Crippen LogP contribution in [0.5, 0.6) is 5.75 Å². The Morgan fingerprint density at radius 2 is 1.61 bits per heavy atom. The number of benzene rings is 3. The molecule has 4 rings (SSSR count). The normalized spacial score (nSPS) is 14.2. The van der Waals surface area contributed by atoms with E-state index in [9.17, 15) is 9.59 Å². The van der Waals surface area contributed by atoms with Gasteiger partial charge in [-0.25, -0.2) is 0 Å². The van der Waals surface area contributed by atoms with E-state index >= 15 is 0 Å². The van der Waals surface area contributed by atoms with Gasteiger partial charge in [-0.3, -0.25) is 9.59 Å². The van der Waals surface area contributed by atoms with Gasteiger partial charge >= 0.3 is 0 Å². The molecule has 7 heteroatoms. The van der Waals surface area contributed by atoms with Crippen molar-refractivity contribution in [2.45, 2.75) is 63.6 Å². The molecule has 0 aliphatic heterocycles. The zero-order valence-electron chi connectivity index (χ0n) is 21.5. The van der Waals surface area contributed by atoms with E-state index in [1.165, 1.54) is 0 Å². The molecular weight excluding hydrogens is 519 g/mol. The van der Waals surface area contributed by atoms with Gasteiger partial charge in [-0.2, -0.15) is 0 Å². The first-order valence-electron chi connectivity index (χ1n) is 13.2. The number of nitrogens with zero attached hydrogens (tertiary/aromatic N) is 1. The van der Waals surface area contributed by atoms with Crippen LogP contribution in [0.1, 0.15) is 49.7 Å². The Morgan fingerprint density at radius 1 is 0.921 bits per heavy atom. The van der Waals surface area contributed by atoms with Crippen LogP contribution in [0.15, 0.2) is 78.9 Å². The van der Waals surface area contributed by atoms with Crippen molar-refractivity contribution in [1.82, 2.24) is 10.2 Å². The van der Waals surface area contributed by atoms with Crippen LogP contribution in [0, 0.1) is 0 Å². The van der Waals surface area contributed by atoms with Gasteiger partial charge < -0.3 is 15.0 Å².